The van der Waals surface area contributed by atoms with Gasteiger partial charge in [0.15, 0.2) is 0 Å². The van der Waals surface area contributed by atoms with Gasteiger partial charge in [0.2, 0.25) is 0 Å². The van der Waals surface area contributed by atoms with E-state index < -0.39 is 5.91 Å². The van der Waals surface area contributed by atoms with Crippen molar-refractivity contribution >= 4 is 38.8 Å². The highest BCUT2D eigenvalue weighted by molar-refractivity contribution is 9.10. The number of nitrogens with one attached hydrogen (secondary N) is 1. The quantitative estimate of drug-likeness (QED) is 0.184. The summed E-state index contributed by atoms with van der Waals surface area (Å²) in [5, 5.41) is 9.72. The Kier molecular flexibility index (Phi) is 7.62. The highest BCUT2D eigenvalue weighted by Gasteiger charge is 2.10. The van der Waals surface area contributed by atoms with E-state index in [1.807, 2.05) is 30.3 Å². The number of aromatic nitrogens is 1. The van der Waals surface area contributed by atoms with Crippen molar-refractivity contribution in [3.8, 4) is 0 Å². The minimum Gasteiger partial charge on any atom is -0.289 e. The van der Waals surface area contributed by atoms with Gasteiger partial charge in [-0.25, -0.2) is 5.48 Å². The lowest BCUT2D eigenvalue weighted by Crippen LogP contribution is -2.23. The van der Waals surface area contributed by atoms with E-state index >= 15 is 0 Å². The Hall–Kier alpha value is -3.32. The number of carbonyl (C=O) groups excluding carboxylic acids is 1. The molecule has 2 N–H and O–H groups in total. The van der Waals surface area contributed by atoms with Crippen LogP contribution in [-0.2, 0) is 24.4 Å². The smallest absolute Gasteiger partial charge is 0.267 e. The number of amides is 1. The van der Waals surface area contributed by atoms with Gasteiger partial charge in [0.05, 0.1) is 11.2 Å². The molecule has 5 nitrogen and oxygen atoms in total. The molecule has 3 aromatic carbocycles. The van der Waals surface area contributed by atoms with Crippen molar-refractivity contribution in [3.05, 3.63) is 118 Å². The van der Waals surface area contributed by atoms with Crippen molar-refractivity contribution in [2.45, 2.75) is 19.6 Å². The Morgan fingerprint density at radius 2 is 1.64 bits per heavy atom. The minimum atomic E-state index is -0.552. The first-order valence-electron chi connectivity index (χ1n) is 10.6. The number of hydrogen-bond donors (Lipinski definition) is 2. The standard InChI is InChI=1S/C27H24BrN3O2/c28-24-12-14-26-23(16-24)11-13-25(29-26)19-31(17-21-4-2-1-3-5-21)18-22-8-6-20(7-9-22)10-15-27(32)30-33/h1-16,33H,17-19H2,(H,30,32)/b15-10+. The Morgan fingerprint density at radius 1 is 0.909 bits per heavy atom. The van der Waals surface area contributed by atoms with E-state index in [0.29, 0.717) is 0 Å². The maximum atomic E-state index is 11.2. The van der Waals surface area contributed by atoms with Crippen molar-refractivity contribution < 1.29 is 10.0 Å². The lowest BCUT2D eigenvalue weighted by molar-refractivity contribution is -0.124. The molecule has 0 spiro atoms. The number of hydroxylamine groups is 1. The molecule has 0 atom stereocenters. The van der Waals surface area contributed by atoms with E-state index in [-0.39, 0.29) is 0 Å². The first kappa shape index (κ1) is 22.9. The molecular weight excluding hydrogens is 478 g/mol. The van der Waals surface area contributed by atoms with Gasteiger partial charge in [0.1, 0.15) is 0 Å². The van der Waals surface area contributed by atoms with Crippen molar-refractivity contribution in [1.29, 1.82) is 0 Å². The number of hydrogen-bond acceptors (Lipinski definition) is 4. The number of rotatable bonds is 8. The molecule has 0 bridgehead atoms. The zero-order valence-corrected chi connectivity index (χ0v) is 19.6. The third kappa shape index (κ3) is 6.58. The maximum Gasteiger partial charge on any atom is 0.267 e. The number of fused-ring (bicyclic) bond motifs is 1. The summed E-state index contributed by atoms with van der Waals surface area (Å²) in [7, 11) is 0. The van der Waals surface area contributed by atoms with Gasteiger partial charge in [0, 0.05) is 35.6 Å². The first-order chi connectivity index (χ1) is 16.1. The number of halogens is 1. The Balaban J connectivity index is 1.53. The van der Waals surface area contributed by atoms with Crippen LogP contribution in [0.4, 0.5) is 0 Å². The number of pyridine rings is 1. The minimum absolute atomic E-state index is 0.552. The molecule has 0 aliphatic rings. The second-order valence-electron chi connectivity index (χ2n) is 7.82. The van der Waals surface area contributed by atoms with E-state index in [0.717, 1.165) is 46.3 Å². The summed E-state index contributed by atoms with van der Waals surface area (Å²) in [5.74, 6) is -0.552. The number of nitrogens with zero attached hydrogens (tertiary/aromatic N) is 2. The van der Waals surface area contributed by atoms with Crippen LogP contribution in [-0.4, -0.2) is 21.0 Å². The molecule has 6 heteroatoms. The summed E-state index contributed by atoms with van der Waals surface area (Å²) in [4.78, 5) is 18.4. The second kappa shape index (κ2) is 11.0. The maximum absolute atomic E-state index is 11.2. The van der Waals surface area contributed by atoms with Crippen molar-refractivity contribution in [2.75, 3.05) is 0 Å². The van der Waals surface area contributed by atoms with Crippen molar-refractivity contribution in [3.63, 3.8) is 0 Å². The van der Waals surface area contributed by atoms with Crippen LogP contribution < -0.4 is 5.48 Å². The molecule has 0 radical (unpaired) electrons. The van der Waals surface area contributed by atoms with Crippen molar-refractivity contribution in [1.82, 2.24) is 15.4 Å². The molecule has 1 aromatic heterocycles. The summed E-state index contributed by atoms with van der Waals surface area (Å²) >= 11 is 3.52. The highest BCUT2D eigenvalue weighted by Crippen LogP contribution is 2.20. The van der Waals surface area contributed by atoms with Crippen LogP contribution >= 0.6 is 15.9 Å². The number of benzene rings is 3. The van der Waals surface area contributed by atoms with Gasteiger partial charge in [-0.05, 0) is 47.0 Å². The molecule has 0 aliphatic carbocycles. The first-order valence-corrected chi connectivity index (χ1v) is 11.4. The van der Waals surface area contributed by atoms with Crippen LogP contribution in [0.25, 0.3) is 17.0 Å². The average Bonchev–Trinajstić information content (AvgIpc) is 2.84. The van der Waals surface area contributed by atoms with Crippen LogP contribution in [0, 0.1) is 0 Å². The van der Waals surface area contributed by atoms with Gasteiger partial charge in [-0.15, -0.1) is 0 Å². The molecule has 0 unspecified atom stereocenters. The van der Waals surface area contributed by atoms with E-state index in [4.69, 9.17) is 10.2 Å². The van der Waals surface area contributed by atoms with Gasteiger partial charge in [-0.1, -0.05) is 76.6 Å². The predicted molar refractivity (Wildman–Crippen MR) is 134 cm³/mol. The van der Waals surface area contributed by atoms with E-state index in [2.05, 4.69) is 75.4 Å². The highest BCUT2D eigenvalue weighted by atomic mass is 79.9. The van der Waals surface area contributed by atoms with Crippen LogP contribution in [0.15, 0.2) is 95.5 Å². The molecule has 0 saturated heterocycles. The zero-order chi connectivity index (χ0) is 23.0. The lowest BCUT2D eigenvalue weighted by atomic mass is 10.1. The van der Waals surface area contributed by atoms with Crippen LogP contribution in [0.5, 0.6) is 0 Å². The molecule has 0 aliphatic heterocycles. The molecule has 33 heavy (non-hydrogen) atoms. The number of carbonyl (C=O) groups is 1. The SMILES string of the molecule is O=C(/C=C/c1ccc(CN(Cc2ccccc2)Cc2ccc3cc(Br)ccc3n2)cc1)NO. The topological polar surface area (TPSA) is 65.5 Å². The van der Waals surface area contributed by atoms with Crippen LogP contribution in [0.2, 0.25) is 0 Å². The summed E-state index contributed by atoms with van der Waals surface area (Å²) < 4.78 is 1.05. The van der Waals surface area contributed by atoms with Crippen LogP contribution in [0.3, 0.4) is 0 Å². The average molecular weight is 502 g/mol. The van der Waals surface area contributed by atoms with E-state index in [1.54, 1.807) is 11.6 Å². The Bertz CT molecular complexity index is 1260. The van der Waals surface area contributed by atoms with Crippen LogP contribution in [0.1, 0.15) is 22.4 Å². The normalized spacial score (nSPS) is 11.4. The molecule has 4 aromatic rings. The summed E-state index contributed by atoms with van der Waals surface area (Å²) in [5.41, 5.74) is 6.90. The van der Waals surface area contributed by atoms with Gasteiger partial charge in [0.25, 0.3) is 5.91 Å². The molecule has 4 rings (SSSR count). The third-order valence-electron chi connectivity index (χ3n) is 5.27. The monoisotopic (exact) mass is 501 g/mol. The Labute approximate surface area is 201 Å². The predicted octanol–water partition coefficient (Wildman–Crippen LogP) is 5.72. The van der Waals surface area contributed by atoms with E-state index in [1.165, 1.54) is 17.2 Å². The van der Waals surface area contributed by atoms with Gasteiger partial charge in [-0.3, -0.25) is 19.9 Å². The molecule has 0 fully saturated rings. The van der Waals surface area contributed by atoms with Gasteiger partial charge < -0.3 is 0 Å². The lowest BCUT2D eigenvalue weighted by Gasteiger charge is -2.22. The van der Waals surface area contributed by atoms with Gasteiger partial charge >= 0.3 is 0 Å². The molecule has 1 heterocycles. The second-order valence-corrected chi connectivity index (χ2v) is 8.74. The molecular formula is C27H24BrN3O2. The summed E-state index contributed by atoms with van der Waals surface area (Å²) in [6.45, 7) is 2.29. The summed E-state index contributed by atoms with van der Waals surface area (Å²) in [6.07, 6.45) is 2.95. The molecule has 1 amide bonds. The van der Waals surface area contributed by atoms with Gasteiger partial charge in [-0.2, -0.15) is 0 Å². The fourth-order valence-electron chi connectivity index (χ4n) is 3.67. The fraction of sp³-hybridized carbons (Fsp3) is 0.111. The summed E-state index contributed by atoms with van der Waals surface area (Å²) in [6, 6.07) is 28.8. The fourth-order valence-corrected chi connectivity index (χ4v) is 4.05. The third-order valence-corrected chi connectivity index (χ3v) is 5.76. The molecule has 166 valence electrons. The molecule has 0 saturated carbocycles. The van der Waals surface area contributed by atoms with E-state index in [9.17, 15) is 4.79 Å². The zero-order valence-electron chi connectivity index (χ0n) is 18.0. The van der Waals surface area contributed by atoms with Crippen molar-refractivity contribution in [2.24, 2.45) is 0 Å². The Morgan fingerprint density at radius 3 is 2.36 bits per heavy atom. The largest absolute Gasteiger partial charge is 0.289 e.